The topological polar surface area (TPSA) is 29.5 Å². The maximum absolute atomic E-state index is 9.11. The molecule has 0 aromatic carbocycles. The number of halogens is 1. The Balaban J connectivity index is 2.25. The van der Waals surface area contributed by atoms with Gasteiger partial charge in [0, 0.05) is 11.5 Å². The highest BCUT2D eigenvalue weighted by atomic mass is 35.5. The van der Waals surface area contributed by atoms with Crippen molar-refractivity contribution in [3.63, 3.8) is 0 Å². The Morgan fingerprint density at radius 3 is 2.89 bits per heavy atom. The molecule has 1 fully saturated rings. The molecule has 3 atom stereocenters. The Morgan fingerprint density at radius 1 is 1.78 bits per heavy atom. The van der Waals surface area contributed by atoms with E-state index in [-0.39, 0.29) is 18.3 Å². The van der Waals surface area contributed by atoms with Gasteiger partial charge in [-0.05, 0) is 6.08 Å². The Labute approximate surface area is 58.1 Å². The summed E-state index contributed by atoms with van der Waals surface area (Å²) in [7, 11) is 0. The van der Waals surface area contributed by atoms with Crippen LogP contribution in [-0.4, -0.2) is 23.4 Å². The van der Waals surface area contributed by atoms with Gasteiger partial charge in [-0.1, -0.05) is 11.6 Å². The van der Waals surface area contributed by atoms with E-state index in [4.69, 9.17) is 21.4 Å². The molecular weight excluding hydrogens is 140 g/mol. The molecule has 0 radical (unpaired) electrons. The third-order valence-electron chi connectivity index (χ3n) is 1.79. The summed E-state index contributed by atoms with van der Waals surface area (Å²) in [6.45, 7) is 0. The van der Waals surface area contributed by atoms with Crippen LogP contribution in [0, 0.1) is 0 Å². The fraction of sp³-hybridized carbons (Fsp3) is 0.667. The summed E-state index contributed by atoms with van der Waals surface area (Å²) in [5.74, 6) is 0. The SMILES string of the molecule is O[C@@H]1C[C@H]2O[C@@H]1C=C2Cl. The molecule has 0 saturated carbocycles. The molecule has 0 unspecified atom stereocenters. The molecule has 2 heterocycles. The first-order chi connectivity index (χ1) is 4.27. The molecular formula is C6H7ClO2. The molecule has 0 aromatic rings. The van der Waals surface area contributed by atoms with Crippen molar-refractivity contribution in [1.29, 1.82) is 0 Å². The van der Waals surface area contributed by atoms with Gasteiger partial charge in [-0.15, -0.1) is 0 Å². The van der Waals surface area contributed by atoms with E-state index in [0.29, 0.717) is 6.42 Å². The average Bonchev–Trinajstić information content (AvgIpc) is 2.24. The number of hydrogen-bond acceptors (Lipinski definition) is 2. The summed E-state index contributed by atoms with van der Waals surface area (Å²) in [5, 5.41) is 9.86. The van der Waals surface area contributed by atoms with Crippen LogP contribution in [0.25, 0.3) is 0 Å². The van der Waals surface area contributed by atoms with Crippen LogP contribution in [0.2, 0.25) is 0 Å². The Morgan fingerprint density at radius 2 is 2.56 bits per heavy atom. The highest BCUT2D eigenvalue weighted by molar-refractivity contribution is 6.30. The second-order valence-corrected chi connectivity index (χ2v) is 2.88. The van der Waals surface area contributed by atoms with E-state index in [1.54, 1.807) is 6.08 Å². The summed E-state index contributed by atoms with van der Waals surface area (Å²) in [4.78, 5) is 0. The normalized spacial score (nSPS) is 47.8. The fourth-order valence-corrected chi connectivity index (χ4v) is 1.55. The van der Waals surface area contributed by atoms with Crippen molar-refractivity contribution in [2.45, 2.75) is 24.7 Å². The molecule has 50 valence electrons. The van der Waals surface area contributed by atoms with Gasteiger partial charge in [0.05, 0.1) is 12.2 Å². The molecule has 2 aliphatic rings. The number of rotatable bonds is 0. The molecule has 3 heteroatoms. The molecule has 2 rings (SSSR count). The van der Waals surface area contributed by atoms with Crippen LogP contribution in [0.1, 0.15) is 6.42 Å². The monoisotopic (exact) mass is 146 g/mol. The molecule has 0 aliphatic carbocycles. The van der Waals surface area contributed by atoms with E-state index < -0.39 is 0 Å². The van der Waals surface area contributed by atoms with Crippen LogP contribution in [0.3, 0.4) is 0 Å². The molecule has 2 bridgehead atoms. The largest absolute Gasteiger partial charge is 0.390 e. The minimum Gasteiger partial charge on any atom is -0.390 e. The standard InChI is InChI=1S/C6H7ClO2/c7-3-1-6-4(8)2-5(3)9-6/h1,4-6,8H,2H2/t4-,5-,6-/m1/s1. The first kappa shape index (κ1) is 5.71. The van der Waals surface area contributed by atoms with Gasteiger partial charge >= 0.3 is 0 Å². The highest BCUT2D eigenvalue weighted by Gasteiger charge is 2.39. The van der Waals surface area contributed by atoms with Gasteiger partial charge in [-0.3, -0.25) is 0 Å². The van der Waals surface area contributed by atoms with E-state index in [1.165, 1.54) is 0 Å². The maximum atomic E-state index is 9.11. The van der Waals surface area contributed by atoms with E-state index in [9.17, 15) is 0 Å². The van der Waals surface area contributed by atoms with Crippen molar-refractivity contribution in [2.75, 3.05) is 0 Å². The van der Waals surface area contributed by atoms with Crippen LogP contribution in [0.15, 0.2) is 11.1 Å². The van der Waals surface area contributed by atoms with Crippen molar-refractivity contribution in [1.82, 2.24) is 0 Å². The predicted molar refractivity (Wildman–Crippen MR) is 33.2 cm³/mol. The lowest BCUT2D eigenvalue weighted by atomic mass is 10.1. The third-order valence-corrected chi connectivity index (χ3v) is 2.16. The quantitative estimate of drug-likeness (QED) is 0.544. The number of aliphatic hydroxyl groups excluding tert-OH is 1. The smallest absolute Gasteiger partial charge is 0.104 e. The minimum atomic E-state index is -0.322. The second-order valence-electron chi connectivity index (χ2n) is 2.44. The van der Waals surface area contributed by atoms with Crippen LogP contribution in [-0.2, 0) is 4.74 Å². The molecule has 0 aromatic heterocycles. The molecule has 2 aliphatic heterocycles. The van der Waals surface area contributed by atoms with Crippen molar-refractivity contribution in [2.24, 2.45) is 0 Å². The number of hydrogen-bond donors (Lipinski definition) is 1. The summed E-state index contributed by atoms with van der Waals surface area (Å²) in [5.41, 5.74) is 0. The zero-order valence-corrected chi connectivity index (χ0v) is 5.51. The van der Waals surface area contributed by atoms with Crippen molar-refractivity contribution in [3.05, 3.63) is 11.1 Å². The van der Waals surface area contributed by atoms with Crippen molar-refractivity contribution >= 4 is 11.6 Å². The molecule has 2 nitrogen and oxygen atoms in total. The van der Waals surface area contributed by atoms with Gasteiger partial charge in [0.25, 0.3) is 0 Å². The molecule has 9 heavy (non-hydrogen) atoms. The van der Waals surface area contributed by atoms with E-state index >= 15 is 0 Å². The van der Waals surface area contributed by atoms with E-state index in [0.717, 1.165) is 5.03 Å². The molecule has 0 amide bonds. The average molecular weight is 147 g/mol. The first-order valence-electron chi connectivity index (χ1n) is 2.98. The fourth-order valence-electron chi connectivity index (χ4n) is 1.28. The number of fused-ring (bicyclic) bond motifs is 2. The van der Waals surface area contributed by atoms with Crippen molar-refractivity contribution < 1.29 is 9.84 Å². The third kappa shape index (κ3) is 0.707. The maximum Gasteiger partial charge on any atom is 0.104 e. The molecule has 1 N–H and O–H groups in total. The summed E-state index contributed by atoms with van der Waals surface area (Å²) in [6, 6.07) is 0. The summed E-state index contributed by atoms with van der Waals surface area (Å²) in [6.07, 6.45) is 1.99. The van der Waals surface area contributed by atoms with Gasteiger partial charge in [0.1, 0.15) is 6.10 Å². The van der Waals surface area contributed by atoms with Gasteiger partial charge in [-0.2, -0.15) is 0 Å². The lowest BCUT2D eigenvalue weighted by molar-refractivity contribution is 0.0695. The van der Waals surface area contributed by atoms with Gasteiger partial charge < -0.3 is 9.84 Å². The summed E-state index contributed by atoms with van der Waals surface area (Å²) >= 11 is 5.70. The van der Waals surface area contributed by atoms with Crippen LogP contribution >= 0.6 is 11.6 Å². The van der Waals surface area contributed by atoms with E-state index in [2.05, 4.69) is 0 Å². The predicted octanol–water partition coefficient (Wildman–Crippen LogP) is 0.641. The minimum absolute atomic E-state index is 0.00772. The number of ether oxygens (including phenoxy) is 1. The lowest BCUT2D eigenvalue weighted by Crippen LogP contribution is -2.18. The molecule has 1 saturated heterocycles. The van der Waals surface area contributed by atoms with Gasteiger partial charge in [0.2, 0.25) is 0 Å². The second kappa shape index (κ2) is 1.72. The Kier molecular flexibility index (Phi) is 1.09. The lowest BCUT2D eigenvalue weighted by Gasteiger charge is -2.07. The zero-order valence-electron chi connectivity index (χ0n) is 4.75. The Hall–Kier alpha value is -0.0500. The summed E-state index contributed by atoms with van der Waals surface area (Å²) < 4.78 is 5.22. The van der Waals surface area contributed by atoms with Crippen LogP contribution < -0.4 is 0 Å². The van der Waals surface area contributed by atoms with Crippen LogP contribution in [0.4, 0.5) is 0 Å². The number of aliphatic hydroxyl groups is 1. The van der Waals surface area contributed by atoms with E-state index in [1.807, 2.05) is 0 Å². The van der Waals surface area contributed by atoms with Crippen molar-refractivity contribution in [3.8, 4) is 0 Å². The highest BCUT2D eigenvalue weighted by Crippen LogP contribution is 2.35. The Bertz CT molecular complexity index is 166. The van der Waals surface area contributed by atoms with Crippen LogP contribution in [0.5, 0.6) is 0 Å². The first-order valence-corrected chi connectivity index (χ1v) is 3.36. The molecule has 0 spiro atoms. The van der Waals surface area contributed by atoms with Gasteiger partial charge in [0.15, 0.2) is 0 Å². The zero-order chi connectivity index (χ0) is 6.43. The van der Waals surface area contributed by atoms with Gasteiger partial charge in [-0.25, -0.2) is 0 Å².